The van der Waals surface area contributed by atoms with Crippen molar-refractivity contribution in [2.45, 2.75) is 52.7 Å². The number of aliphatic carboxylic acids is 1. The molecule has 0 rings (SSSR count). The molecule has 15 heavy (non-hydrogen) atoms. The molecule has 90 valence electrons. The summed E-state index contributed by atoms with van der Waals surface area (Å²) >= 11 is 0. The summed E-state index contributed by atoms with van der Waals surface area (Å²) in [4.78, 5) is 11.3. The topological polar surface area (TPSA) is 77.8 Å². The van der Waals surface area contributed by atoms with Crippen molar-refractivity contribution in [1.82, 2.24) is 0 Å². The first kappa shape index (κ1) is 14.4. The first-order valence-electron chi connectivity index (χ1n) is 5.44. The molecule has 0 saturated heterocycles. The van der Waals surface area contributed by atoms with Gasteiger partial charge >= 0.3 is 5.97 Å². The highest BCUT2D eigenvalue weighted by atomic mass is 16.5. The summed E-state index contributed by atoms with van der Waals surface area (Å²) in [6.07, 6.45) is 1.22. The largest absolute Gasteiger partial charge is 0.481 e. The minimum atomic E-state index is -1.95. The molecule has 0 aliphatic rings. The molecule has 0 aliphatic heterocycles. The predicted molar refractivity (Wildman–Crippen MR) is 57.3 cm³/mol. The molecular weight excluding hydrogens is 196 g/mol. The van der Waals surface area contributed by atoms with Crippen molar-refractivity contribution in [2.75, 3.05) is 0 Å². The van der Waals surface area contributed by atoms with E-state index in [0.29, 0.717) is 19.3 Å². The van der Waals surface area contributed by atoms with Crippen molar-refractivity contribution in [3.05, 3.63) is 0 Å². The number of hydrogen-bond donors (Lipinski definition) is 3. The second kappa shape index (κ2) is 4.94. The molecular formula is C11H22O4. The van der Waals surface area contributed by atoms with E-state index in [1.165, 1.54) is 6.92 Å². The van der Waals surface area contributed by atoms with Crippen molar-refractivity contribution in [3.63, 3.8) is 0 Å². The monoisotopic (exact) mass is 218 g/mol. The van der Waals surface area contributed by atoms with E-state index in [0.717, 1.165) is 0 Å². The molecule has 0 aromatic rings. The molecule has 0 bridgehead atoms. The zero-order chi connectivity index (χ0) is 12.3. The van der Waals surface area contributed by atoms with E-state index in [9.17, 15) is 20.1 Å². The minimum Gasteiger partial charge on any atom is -0.481 e. The minimum absolute atomic E-state index is 0.397. The number of carboxylic acids is 1. The lowest BCUT2D eigenvalue weighted by molar-refractivity contribution is -0.223. The molecule has 3 N–H and O–H groups in total. The third-order valence-electron chi connectivity index (χ3n) is 3.42. The van der Waals surface area contributed by atoms with Gasteiger partial charge in [0.25, 0.3) is 0 Å². The predicted octanol–water partition coefficient (Wildman–Crippen LogP) is 1.60. The van der Waals surface area contributed by atoms with E-state index < -0.39 is 23.1 Å². The van der Waals surface area contributed by atoms with Crippen molar-refractivity contribution >= 4 is 5.97 Å². The van der Waals surface area contributed by atoms with Gasteiger partial charge in [-0.2, -0.15) is 0 Å². The average molecular weight is 218 g/mol. The van der Waals surface area contributed by atoms with Crippen LogP contribution in [-0.2, 0) is 4.79 Å². The maximum absolute atomic E-state index is 11.3. The van der Waals surface area contributed by atoms with Gasteiger partial charge in [-0.05, 0) is 26.2 Å². The van der Waals surface area contributed by atoms with Crippen LogP contribution in [0, 0.1) is 11.3 Å². The van der Waals surface area contributed by atoms with Crippen LogP contribution in [0.1, 0.15) is 47.0 Å². The van der Waals surface area contributed by atoms with Crippen molar-refractivity contribution in [1.29, 1.82) is 0 Å². The van der Waals surface area contributed by atoms with Crippen LogP contribution >= 0.6 is 0 Å². The van der Waals surface area contributed by atoms with Crippen LogP contribution in [-0.4, -0.2) is 27.1 Å². The Bertz CT molecular complexity index is 213. The molecule has 0 spiro atoms. The third kappa shape index (κ3) is 2.69. The van der Waals surface area contributed by atoms with Crippen LogP contribution in [0.5, 0.6) is 0 Å². The zero-order valence-corrected chi connectivity index (χ0v) is 9.95. The SMILES string of the molecule is CCC(C(C)(O)O)C(CC)(CC)C(=O)O. The summed E-state index contributed by atoms with van der Waals surface area (Å²) in [6, 6.07) is 0. The van der Waals surface area contributed by atoms with Crippen LogP contribution in [0.25, 0.3) is 0 Å². The maximum atomic E-state index is 11.3. The number of carbonyl (C=O) groups is 1. The Kier molecular flexibility index (Phi) is 4.74. The lowest BCUT2D eigenvalue weighted by Crippen LogP contribution is -2.49. The van der Waals surface area contributed by atoms with E-state index in [1.807, 2.05) is 0 Å². The molecule has 0 saturated carbocycles. The Balaban J connectivity index is 5.29. The fraction of sp³-hybridized carbons (Fsp3) is 0.909. The van der Waals surface area contributed by atoms with Gasteiger partial charge in [0.15, 0.2) is 5.79 Å². The summed E-state index contributed by atoms with van der Waals surface area (Å²) in [6.45, 7) is 6.57. The van der Waals surface area contributed by atoms with Gasteiger partial charge in [0.2, 0.25) is 0 Å². The van der Waals surface area contributed by atoms with E-state index in [4.69, 9.17) is 0 Å². The Labute approximate surface area is 90.9 Å². The van der Waals surface area contributed by atoms with Crippen molar-refractivity contribution in [2.24, 2.45) is 11.3 Å². The van der Waals surface area contributed by atoms with Gasteiger partial charge in [-0.1, -0.05) is 20.8 Å². The van der Waals surface area contributed by atoms with Gasteiger partial charge in [-0.3, -0.25) is 4.79 Å². The fourth-order valence-electron chi connectivity index (χ4n) is 2.50. The molecule has 0 aliphatic carbocycles. The Morgan fingerprint density at radius 1 is 1.20 bits per heavy atom. The molecule has 1 unspecified atom stereocenters. The fourth-order valence-corrected chi connectivity index (χ4v) is 2.50. The third-order valence-corrected chi connectivity index (χ3v) is 3.42. The van der Waals surface area contributed by atoms with Gasteiger partial charge in [0.05, 0.1) is 5.41 Å². The second-order valence-corrected chi connectivity index (χ2v) is 4.22. The van der Waals surface area contributed by atoms with Crippen LogP contribution in [0.2, 0.25) is 0 Å². The highest BCUT2D eigenvalue weighted by molar-refractivity contribution is 5.75. The van der Waals surface area contributed by atoms with Crippen molar-refractivity contribution < 1.29 is 20.1 Å². The molecule has 0 heterocycles. The van der Waals surface area contributed by atoms with E-state index >= 15 is 0 Å². The Morgan fingerprint density at radius 3 is 1.67 bits per heavy atom. The zero-order valence-electron chi connectivity index (χ0n) is 9.95. The smallest absolute Gasteiger partial charge is 0.310 e. The van der Waals surface area contributed by atoms with Crippen LogP contribution in [0.15, 0.2) is 0 Å². The molecule has 0 radical (unpaired) electrons. The molecule has 0 aromatic heterocycles. The summed E-state index contributed by atoms with van der Waals surface area (Å²) in [5.74, 6) is -3.55. The van der Waals surface area contributed by atoms with E-state index in [1.54, 1.807) is 20.8 Å². The molecule has 4 nitrogen and oxygen atoms in total. The summed E-state index contributed by atoms with van der Waals surface area (Å²) < 4.78 is 0. The van der Waals surface area contributed by atoms with Crippen LogP contribution in [0.4, 0.5) is 0 Å². The average Bonchev–Trinajstić information content (AvgIpc) is 2.11. The van der Waals surface area contributed by atoms with Crippen LogP contribution < -0.4 is 0 Å². The molecule has 1 atom stereocenters. The van der Waals surface area contributed by atoms with Crippen LogP contribution in [0.3, 0.4) is 0 Å². The highest BCUT2D eigenvalue weighted by Crippen LogP contribution is 2.42. The van der Waals surface area contributed by atoms with Gasteiger partial charge < -0.3 is 15.3 Å². The van der Waals surface area contributed by atoms with Gasteiger partial charge in [-0.25, -0.2) is 0 Å². The Hall–Kier alpha value is -0.610. The molecule has 0 amide bonds. The Morgan fingerprint density at radius 2 is 1.60 bits per heavy atom. The van der Waals surface area contributed by atoms with E-state index in [-0.39, 0.29) is 0 Å². The first-order chi connectivity index (χ1) is 6.76. The normalized spacial score (nSPS) is 15.1. The molecule has 0 fully saturated rings. The van der Waals surface area contributed by atoms with Gasteiger partial charge in [-0.15, -0.1) is 0 Å². The summed E-state index contributed by atoms with van der Waals surface area (Å²) in [5.41, 5.74) is -1.05. The summed E-state index contributed by atoms with van der Waals surface area (Å²) in [7, 11) is 0. The second-order valence-electron chi connectivity index (χ2n) is 4.22. The maximum Gasteiger partial charge on any atom is 0.310 e. The van der Waals surface area contributed by atoms with E-state index in [2.05, 4.69) is 0 Å². The highest BCUT2D eigenvalue weighted by Gasteiger charge is 2.49. The number of hydrogen-bond acceptors (Lipinski definition) is 3. The number of rotatable bonds is 6. The number of aliphatic hydroxyl groups is 2. The standard InChI is InChI=1S/C11H22O4/c1-5-8(10(4,14)15)11(6-2,7-3)9(12)13/h8,14-15H,5-7H2,1-4H3,(H,12,13). The van der Waals surface area contributed by atoms with Crippen molar-refractivity contribution in [3.8, 4) is 0 Å². The summed E-state index contributed by atoms with van der Waals surface area (Å²) in [5, 5.41) is 28.5. The lowest BCUT2D eigenvalue weighted by atomic mass is 9.67. The molecule has 0 aromatic carbocycles. The van der Waals surface area contributed by atoms with Gasteiger partial charge in [0.1, 0.15) is 0 Å². The number of carboxylic acid groups (broad SMARTS) is 1. The molecule has 4 heteroatoms. The lowest BCUT2D eigenvalue weighted by Gasteiger charge is -2.40. The quantitative estimate of drug-likeness (QED) is 0.592. The van der Waals surface area contributed by atoms with Gasteiger partial charge in [0, 0.05) is 5.92 Å². The first-order valence-corrected chi connectivity index (χ1v) is 5.44.